The van der Waals surface area contributed by atoms with Crippen molar-refractivity contribution in [2.45, 2.75) is 45.2 Å². The average molecular weight is 210 g/mol. The zero-order valence-electron chi connectivity index (χ0n) is 8.39. The van der Waals surface area contributed by atoms with Crippen LogP contribution in [-0.4, -0.2) is 19.2 Å². The molecule has 0 aromatic heterocycles. The molecule has 0 aliphatic rings. The lowest BCUT2D eigenvalue weighted by molar-refractivity contribution is 0.0600. The molecule has 0 aromatic carbocycles. The van der Waals surface area contributed by atoms with Crippen molar-refractivity contribution in [1.29, 1.82) is 0 Å². The molecular weight excluding hydrogens is 193 g/mol. The molecule has 0 spiro atoms. The van der Waals surface area contributed by atoms with E-state index in [2.05, 4.69) is 4.74 Å². The largest absolute Gasteiger partial charge is 0.496 e. The predicted octanol–water partition coefficient (Wildman–Crippen LogP) is 3.70. The summed E-state index contributed by atoms with van der Waals surface area (Å²) in [5.74, 6) is 0. The zero-order valence-corrected chi connectivity index (χ0v) is 8.39. The maximum absolute atomic E-state index is 12.3. The van der Waals surface area contributed by atoms with E-state index in [1.165, 1.54) is 13.2 Å². The molecule has 0 radical (unpaired) electrons. The Labute approximate surface area is 82.9 Å². The van der Waals surface area contributed by atoms with Crippen molar-refractivity contribution in [3.8, 4) is 0 Å². The Bertz CT molecular complexity index is 146. The predicted molar refractivity (Wildman–Crippen MR) is 50.1 cm³/mol. The van der Waals surface area contributed by atoms with E-state index in [4.69, 9.17) is 0 Å². The summed E-state index contributed by atoms with van der Waals surface area (Å²) >= 11 is 0. The van der Waals surface area contributed by atoms with E-state index < -0.39 is 19.2 Å². The van der Waals surface area contributed by atoms with Gasteiger partial charge in [-0.05, 0) is 32.3 Å². The molecule has 0 heterocycles. The van der Waals surface area contributed by atoms with E-state index in [0.717, 1.165) is 19.3 Å². The van der Waals surface area contributed by atoms with Crippen LogP contribution in [0, 0.1) is 0 Å². The van der Waals surface area contributed by atoms with E-state index in [1.807, 2.05) is 0 Å². The molecule has 1 unspecified atom stereocenters. The van der Waals surface area contributed by atoms with Gasteiger partial charge in [-0.1, -0.05) is 6.42 Å². The first-order chi connectivity index (χ1) is 6.63. The highest BCUT2D eigenvalue weighted by Gasteiger charge is 1.99. The Kier molecular flexibility index (Phi) is 8.48. The molecule has 0 saturated carbocycles. The van der Waals surface area contributed by atoms with Gasteiger partial charge in [-0.25, -0.2) is 13.2 Å². The molecule has 0 N–H and O–H groups in total. The topological polar surface area (TPSA) is 9.23 Å². The van der Waals surface area contributed by atoms with E-state index >= 15 is 0 Å². The molecular formula is C10H17F3O. The normalized spacial score (nSPS) is 13.8. The molecule has 4 heteroatoms. The molecule has 0 aliphatic heterocycles. The number of alkyl halides is 3. The van der Waals surface area contributed by atoms with Crippen LogP contribution in [0.25, 0.3) is 0 Å². The minimum absolute atomic E-state index is 0.558. The molecule has 14 heavy (non-hydrogen) atoms. The lowest BCUT2D eigenvalue weighted by atomic mass is 10.1. The van der Waals surface area contributed by atoms with Crippen LogP contribution in [-0.2, 0) is 4.74 Å². The van der Waals surface area contributed by atoms with Crippen molar-refractivity contribution < 1.29 is 17.9 Å². The maximum atomic E-state index is 12.3. The first kappa shape index (κ1) is 13.3. The smallest absolute Gasteiger partial charge is 0.272 e. The Balaban J connectivity index is 3.11. The summed E-state index contributed by atoms with van der Waals surface area (Å²) in [6.07, 6.45) is 2.78. The van der Waals surface area contributed by atoms with Gasteiger partial charge in [-0.3, -0.25) is 0 Å². The molecule has 0 saturated heterocycles. The fourth-order valence-electron chi connectivity index (χ4n) is 0.952. The summed E-state index contributed by atoms with van der Waals surface area (Å²) in [6, 6.07) is 0. The Morgan fingerprint density at radius 2 is 1.93 bits per heavy atom. The second kappa shape index (κ2) is 8.91. The third-order valence-corrected chi connectivity index (χ3v) is 1.64. The van der Waals surface area contributed by atoms with Crippen LogP contribution in [0.3, 0.4) is 0 Å². The fraction of sp³-hybridized carbons (Fsp3) is 0.800. The third-order valence-electron chi connectivity index (χ3n) is 1.64. The quantitative estimate of drug-likeness (QED) is 0.438. The molecule has 0 aliphatic carbocycles. The Hall–Kier alpha value is -0.670. The number of ether oxygens (including phenoxy) is 1. The SMILES string of the molecule is CC(F)CCCCC=COCC(F)F. The monoisotopic (exact) mass is 210 g/mol. The van der Waals surface area contributed by atoms with Gasteiger partial charge in [0.2, 0.25) is 0 Å². The van der Waals surface area contributed by atoms with Crippen LogP contribution in [0.5, 0.6) is 0 Å². The fourth-order valence-corrected chi connectivity index (χ4v) is 0.952. The van der Waals surface area contributed by atoms with Crippen LogP contribution in [0.4, 0.5) is 13.2 Å². The minimum atomic E-state index is -2.42. The first-order valence-corrected chi connectivity index (χ1v) is 4.81. The van der Waals surface area contributed by atoms with E-state index in [9.17, 15) is 13.2 Å². The van der Waals surface area contributed by atoms with Crippen molar-refractivity contribution in [2.75, 3.05) is 6.61 Å². The molecule has 0 bridgehead atoms. The number of allylic oxidation sites excluding steroid dienone is 1. The summed E-state index contributed by atoms with van der Waals surface area (Å²) < 4.78 is 39.9. The first-order valence-electron chi connectivity index (χ1n) is 4.81. The molecule has 1 atom stereocenters. The summed E-state index contributed by atoms with van der Waals surface area (Å²) in [4.78, 5) is 0. The molecule has 84 valence electrons. The number of hydrogen-bond acceptors (Lipinski definition) is 1. The zero-order chi connectivity index (χ0) is 10.8. The van der Waals surface area contributed by atoms with E-state index in [0.29, 0.717) is 6.42 Å². The number of hydrogen-bond donors (Lipinski definition) is 0. The van der Waals surface area contributed by atoms with Crippen molar-refractivity contribution in [3.05, 3.63) is 12.3 Å². The van der Waals surface area contributed by atoms with Gasteiger partial charge in [0.15, 0.2) is 0 Å². The molecule has 0 rings (SSSR count). The van der Waals surface area contributed by atoms with Crippen LogP contribution in [0.1, 0.15) is 32.6 Å². The molecule has 0 amide bonds. The Morgan fingerprint density at radius 1 is 1.21 bits per heavy atom. The van der Waals surface area contributed by atoms with Gasteiger partial charge in [-0.2, -0.15) is 0 Å². The van der Waals surface area contributed by atoms with Crippen LogP contribution >= 0.6 is 0 Å². The molecule has 1 nitrogen and oxygen atoms in total. The minimum Gasteiger partial charge on any atom is -0.496 e. The maximum Gasteiger partial charge on any atom is 0.272 e. The lowest BCUT2D eigenvalue weighted by Gasteiger charge is -2.00. The van der Waals surface area contributed by atoms with Crippen molar-refractivity contribution in [3.63, 3.8) is 0 Å². The average Bonchev–Trinajstić information content (AvgIpc) is 2.08. The highest BCUT2D eigenvalue weighted by Crippen LogP contribution is 2.06. The van der Waals surface area contributed by atoms with E-state index in [-0.39, 0.29) is 0 Å². The van der Waals surface area contributed by atoms with Crippen LogP contribution in [0.2, 0.25) is 0 Å². The van der Waals surface area contributed by atoms with Crippen molar-refractivity contribution in [2.24, 2.45) is 0 Å². The number of unbranched alkanes of at least 4 members (excludes halogenated alkanes) is 2. The van der Waals surface area contributed by atoms with Gasteiger partial charge in [0.25, 0.3) is 6.43 Å². The van der Waals surface area contributed by atoms with Crippen molar-refractivity contribution >= 4 is 0 Å². The van der Waals surface area contributed by atoms with Gasteiger partial charge >= 0.3 is 0 Å². The summed E-state index contributed by atoms with van der Waals surface area (Å²) in [5, 5.41) is 0. The second-order valence-electron chi connectivity index (χ2n) is 3.16. The van der Waals surface area contributed by atoms with Crippen LogP contribution < -0.4 is 0 Å². The standard InChI is InChI=1S/C10H17F3O/c1-9(11)6-4-2-3-5-7-14-8-10(12)13/h5,7,9-10H,2-4,6,8H2,1H3. The number of rotatable bonds is 8. The summed E-state index contributed by atoms with van der Waals surface area (Å²) in [7, 11) is 0. The molecule has 0 aromatic rings. The second-order valence-corrected chi connectivity index (χ2v) is 3.16. The van der Waals surface area contributed by atoms with Gasteiger partial charge in [-0.15, -0.1) is 0 Å². The Morgan fingerprint density at radius 3 is 2.50 bits per heavy atom. The highest BCUT2D eigenvalue weighted by molar-refractivity contribution is 4.73. The van der Waals surface area contributed by atoms with Gasteiger partial charge in [0, 0.05) is 0 Å². The molecule has 0 fully saturated rings. The summed E-state index contributed by atoms with van der Waals surface area (Å²) in [6.45, 7) is 0.972. The van der Waals surface area contributed by atoms with Crippen LogP contribution in [0.15, 0.2) is 12.3 Å². The third kappa shape index (κ3) is 11.3. The highest BCUT2D eigenvalue weighted by atomic mass is 19.3. The number of halogens is 3. The van der Waals surface area contributed by atoms with Gasteiger partial charge in [0.1, 0.15) is 6.61 Å². The van der Waals surface area contributed by atoms with Gasteiger partial charge < -0.3 is 4.74 Å². The van der Waals surface area contributed by atoms with Crippen molar-refractivity contribution in [1.82, 2.24) is 0 Å². The lowest BCUT2D eigenvalue weighted by Crippen LogP contribution is -1.99. The van der Waals surface area contributed by atoms with Gasteiger partial charge in [0.05, 0.1) is 12.4 Å². The summed E-state index contributed by atoms with van der Waals surface area (Å²) in [5.41, 5.74) is 0. The van der Waals surface area contributed by atoms with E-state index in [1.54, 1.807) is 6.08 Å².